The van der Waals surface area contributed by atoms with E-state index in [2.05, 4.69) is 18.9 Å². The molecule has 0 aromatic heterocycles. The summed E-state index contributed by atoms with van der Waals surface area (Å²) in [5.74, 6) is 0.962. The molecule has 0 amide bonds. The van der Waals surface area contributed by atoms with Crippen molar-refractivity contribution in [3.63, 3.8) is 0 Å². The van der Waals surface area contributed by atoms with Gasteiger partial charge in [-0.1, -0.05) is 6.92 Å². The molecule has 94 valence electrons. The average molecular weight is 224 g/mol. The summed E-state index contributed by atoms with van der Waals surface area (Å²) in [6, 6.07) is 0.853. The molecule has 0 radical (unpaired) electrons. The van der Waals surface area contributed by atoms with Gasteiger partial charge in [0.05, 0.1) is 0 Å². The third kappa shape index (κ3) is 2.98. The molecule has 2 aliphatic rings. The maximum atomic E-state index is 5.71. The fraction of sp³-hybridized carbons (Fsp3) is 1.00. The summed E-state index contributed by atoms with van der Waals surface area (Å²) in [5, 5.41) is 0. The first-order valence-electron chi connectivity index (χ1n) is 7.05. The van der Waals surface area contributed by atoms with E-state index in [-0.39, 0.29) is 0 Å². The zero-order valence-corrected chi connectivity index (χ0v) is 11.0. The monoisotopic (exact) mass is 224 g/mol. The third-order valence-corrected chi connectivity index (χ3v) is 4.83. The highest BCUT2D eigenvalue weighted by atomic mass is 15.1. The lowest BCUT2D eigenvalue weighted by Crippen LogP contribution is -2.39. The summed E-state index contributed by atoms with van der Waals surface area (Å²) in [7, 11) is 2.33. The van der Waals surface area contributed by atoms with E-state index in [4.69, 9.17) is 5.73 Å². The zero-order valence-electron chi connectivity index (χ0n) is 11.0. The van der Waals surface area contributed by atoms with Gasteiger partial charge in [-0.05, 0) is 69.9 Å². The quantitative estimate of drug-likeness (QED) is 0.778. The Balaban J connectivity index is 1.77. The Morgan fingerprint density at radius 2 is 1.81 bits per heavy atom. The maximum absolute atomic E-state index is 5.71. The molecule has 0 aromatic rings. The largest absolute Gasteiger partial charge is 0.330 e. The van der Waals surface area contributed by atoms with Crippen molar-refractivity contribution in [2.45, 2.75) is 57.9 Å². The maximum Gasteiger partial charge on any atom is 0.00926 e. The van der Waals surface area contributed by atoms with Gasteiger partial charge in [-0.25, -0.2) is 0 Å². The lowest BCUT2D eigenvalue weighted by atomic mass is 9.86. The normalized spacial score (nSPS) is 33.0. The molecule has 0 atom stereocenters. The van der Waals surface area contributed by atoms with Crippen molar-refractivity contribution in [3.05, 3.63) is 0 Å². The minimum atomic E-state index is 0.618. The number of nitrogens with two attached hydrogens (primary N) is 1. The number of nitrogens with zero attached hydrogens (tertiary/aromatic N) is 1. The summed E-state index contributed by atoms with van der Waals surface area (Å²) in [6.07, 6.45) is 9.75. The first kappa shape index (κ1) is 12.4. The van der Waals surface area contributed by atoms with E-state index in [0.29, 0.717) is 5.41 Å². The summed E-state index contributed by atoms with van der Waals surface area (Å²) < 4.78 is 0. The highest BCUT2D eigenvalue weighted by Crippen LogP contribution is 2.49. The van der Waals surface area contributed by atoms with Crippen LogP contribution in [0.25, 0.3) is 0 Å². The Bertz CT molecular complexity index is 215. The molecule has 0 unspecified atom stereocenters. The van der Waals surface area contributed by atoms with Crippen LogP contribution >= 0.6 is 0 Å². The summed E-state index contributed by atoms with van der Waals surface area (Å²) in [5.41, 5.74) is 6.33. The molecule has 2 N–H and O–H groups in total. The molecule has 0 saturated heterocycles. The predicted octanol–water partition coefficient (Wildman–Crippen LogP) is 2.63. The molecule has 0 spiro atoms. The summed E-state index contributed by atoms with van der Waals surface area (Å²) >= 11 is 0. The van der Waals surface area contributed by atoms with Gasteiger partial charge in [-0.3, -0.25) is 0 Å². The Hall–Kier alpha value is -0.0800. The van der Waals surface area contributed by atoms with E-state index in [1.165, 1.54) is 51.5 Å². The second-order valence-electron chi connectivity index (χ2n) is 6.37. The van der Waals surface area contributed by atoms with Crippen molar-refractivity contribution in [2.75, 3.05) is 20.1 Å². The molecular weight excluding hydrogens is 196 g/mol. The van der Waals surface area contributed by atoms with Crippen LogP contribution in [0.4, 0.5) is 0 Å². The van der Waals surface area contributed by atoms with Crippen LogP contribution in [0.2, 0.25) is 0 Å². The van der Waals surface area contributed by atoms with Crippen molar-refractivity contribution in [3.8, 4) is 0 Å². The molecule has 2 rings (SSSR count). The molecular formula is C14H28N2. The van der Waals surface area contributed by atoms with Gasteiger partial charge in [0.25, 0.3) is 0 Å². The summed E-state index contributed by atoms with van der Waals surface area (Å²) in [4.78, 5) is 2.63. The summed E-state index contributed by atoms with van der Waals surface area (Å²) in [6.45, 7) is 4.56. The van der Waals surface area contributed by atoms with Crippen LogP contribution in [-0.2, 0) is 0 Å². The Kier molecular flexibility index (Phi) is 3.91. The fourth-order valence-corrected chi connectivity index (χ4v) is 3.31. The lowest BCUT2D eigenvalue weighted by Gasteiger charge is -2.35. The van der Waals surface area contributed by atoms with E-state index in [0.717, 1.165) is 18.5 Å². The number of hydrogen-bond donors (Lipinski definition) is 1. The molecule has 2 aliphatic carbocycles. The second-order valence-corrected chi connectivity index (χ2v) is 6.37. The van der Waals surface area contributed by atoms with Crippen LogP contribution in [0.15, 0.2) is 0 Å². The van der Waals surface area contributed by atoms with Crippen LogP contribution in [0.3, 0.4) is 0 Å². The molecule has 0 heterocycles. The predicted molar refractivity (Wildman–Crippen MR) is 69.4 cm³/mol. The van der Waals surface area contributed by atoms with Gasteiger partial charge in [-0.15, -0.1) is 0 Å². The highest BCUT2D eigenvalue weighted by molar-refractivity contribution is 4.96. The first-order valence-corrected chi connectivity index (χ1v) is 7.05. The van der Waals surface area contributed by atoms with Crippen molar-refractivity contribution in [1.29, 1.82) is 0 Å². The fourth-order valence-electron chi connectivity index (χ4n) is 3.31. The third-order valence-electron chi connectivity index (χ3n) is 4.83. The van der Waals surface area contributed by atoms with Crippen molar-refractivity contribution in [2.24, 2.45) is 17.1 Å². The van der Waals surface area contributed by atoms with Gasteiger partial charge >= 0.3 is 0 Å². The van der Waals surface area contributed by atoms with Crippen molar-refractivity contribution >= 4 is 0 Å². The molecule has 0 bridgehead atoms. The van der Waals surface area contributed by atoms with E-state index in [9.17, 15) is 0 Å². The number of rotatable bonds is 5. The van der Waals surface area contributed by atoms with Crippen LogP contribution < -0.4 is 5.73 Å². The average Bonchev–Trinajstić information content (AvgIpc) is 2.99. The van der Waals surface area contributed by atoms with Crippen LogP contribution in [0, 0.1) is 11.3 Å². The van der Waals surface area contributed by atoms with E-state index in [1.54, 1.807) is 0 Å². The van der Waals surface area contributed by atoms with Crippen LogP contribution in [0.1, 0.15) is 51.9 Å². The number of hydrogen-bond acceptors (Lipinski definition) is 2. The minimum Gasteiger partial charge on any atom is -0.330 e. The van der Waals surface area contributed by atoms with Crippen molar-refractivity contribution in [1.82, 2.24) is 4.90 Å². The minimum absolute atomic E-state index is 0.618. The molecule has 0 aromatic carbocycles. The first-order chi connectivity index (χ1) is 7.65. The zero-order chi connectivity index (χ0) is 11.6. The molecule has 0 aliphatic heterocycles. The van der Waals surface area contributed by atoms with Crippen LogP contribution in [-0.4, -0.2) is 31.1 Å². The Morgan fingerprint density at radius 1 is 1.19 bits per heavy atom. The second kappa shape index (κ2) is 5.05. The molecule has 2 heteroatoms. The SMILES string of the molecule is CC1CCC(N(C)CC2(CCN)CC2)CC1. The van der Waals surface area contributed by atoms with Crippen molar-refractivity contribution < 1.29 is 0 Å². The molecule has 2 saturated carbocycles. The van der Waals surface area contributed by atoms with E-state index < -0.39 is 0 Å². The van der Waals surface area contributed by atoms with E-state index >= 15 is 0 Å². The standard InChI is InChI=1S/C14H28N2/c1-12-3-5-13(6-4-12)16(2)11-14(7-8-14)9-10-15/h12-13H,3-11,15H2,1-2H3. The highest BCUT2D eigenvalue weighted by Gasteiger charge is 2.43. The van der Waals surface area contributed by atoms with Crippen LogP contribution in [0.5, 0.6) is 0 Å². The van der Waals surface area contributed by atoms with Gasteiger partial charge in [0.1, 0.15) is 0 Å². The van der Waals surface area contributed by atoms with Gasteiger partial charge in [0, 0.05) is 12.6 Å². The van der Waals surface area contributed by atoms with E-state index in [1.807, 2.05) is 0 Å². The smallest absolute Gasteiger partial charge is 0.00926 e. The van der Waals surface area contributed by atoms with Gasteiger partial charge in [0.2, 0.25) is 0 Å². The Labute approximate surface area is 101 Å². The Morgan fingerprint density at radius 3 is 2.31 bits per heavy atom. The molecule has 2 nitrogen and oxygen atoms in total. The molecule has 2 fully saturated rings. The molecule has 16 heavy (non-hydrogen) atoms. The van der Waals surface area contributed by atoms with Gasteiger partial charge in [-0.2, -0.15) is 0 Å². The van der Waals surface area contributed by atoms with Gasteiger partial charge in [0.15, 0.2) is 0 Å². The van der Waals surface area contributed by atoms with Gasteiger partial charge < -0.3 is 10.6 Å². The topological polar surface area (TPSA) is 29.3 Å². The lowest BCUT2D eigenvalue weighted by molar-refractivity contribution is 0.141.